The second-order valence-corrected chi connectivity index (χ2v) is 0. The Labute approximate surface area is 89.2 Å². The van der Waals surface area contributed by atoms with E-state index < -0.39 is 0 Å². The zero-order valence-corrected chi connectivity index (χ0v) is 8.82. The molecule has 0 rings (SSSR count). The molecule has 0 saturated heterocycles. The van der Waals surface area contributed by atoms with Crippen LogP contribution in [0.15, 0.2) is 0 Å². The summed E-state index contributed by atoms with van der Waals surface area (Å²) in [5.74, 6) is 0. The van der Waals surface area contributed by atoms with Crippen molar-refractivity contribution in [3.05, 3.63) is 0 Å². The first-order valence-electron chi connectivity index (χ1n) is 0. The van der Waals surface area contributed by atoms with Gasteiger partial charge >= 0.3 is 50.1 Å². The smallest absolute Gasteiger partial charge is 2.00 e. The van der Waals surface area contributed by atoms with Crippen molar-refractivity contribution in [2.24, 2.45) is 0 Å². The normalized spacial score (nSPS) is 0. The molecule has 24 valence electrons. The van der Waals surface area contributed by atoms with Gasteiger partial charge in [0, 0.05) is 0 Å². The monoisotopic (exact) mass is 212 g/mol. The average molecular weight is 212 g/mol. The van der Waals surface area contributed by atoms with Gasteiger partial charge in [-0.2, -0.15) is 0 Å². The van der Waals surface area contributed by atoms with Crippen LogP contribution in [0, 0.1) is 0 Å². The van der Waals surface area contributed by atoms with Gasteiger partial charge in [0.15, 0.2) is 0 Å². The van der Waals surface area contributed by atoms with Crippen LogP contribution in [0.25, 0.3) is 0 Å². The molecule has 0 saturated carbocycles. The average Bonchev–Trinajstić information content (AvgIpc) is 0. The quantitative estimate of drug-likeness (QED) is 0.480. The van der Waals surface area contributed by atoms with Gasteiger partial charge in [-0.05, 0) is 0 Å². The summed E-state index contributed by atoms with van der Waals surface area (Å²) in [4.78, 5) is 0. The van der Waals surface area contributed by atoms with Gasteiger partial charge < -0.3 is 40.5 Å². The van der Waals surface area contributed by atoms with Gasteiger partial charge in [0.1, 0.15) is 0 Å². The van der Waals surface area contributed by atoms with Gasteiger partial charge in [-0.25, -0.2) is 0 Å². The molecule has 0 aliphatic heterocycles. The van der Waals surface area contributed by atoms with Crippen molar-refractivity contribution in [2.75, 3.05) is 0 Å². The van der Waals surface area contributed by atoms with Crippen LogP contribution in [0.1, 0.15) is 0 Å². The van der Waals surface area contributed by atoms with Crippen LogP contribution in [0.5, 0.6) is 0 Å². The van der Waals surface area contributed by atoms with Crippen LogP contribution >= 0.6 is 0 Å². The van der Waals surface area contributed by atoms with Gasteiger partial charge in [0.2, 0.25) is 0 Å². The molecular formula is AlS3Y. The van der Waals surface area contributed by atoms with Crippen LogP contribution in [0.4, 0.5) is 0 Å². The molecule has 0 fully saturated rings. The van der Waals surface area contributed by atoms with Crippen molar-refractivity contribution in [1.29, 1.82) is 0 Å². The topological polar surface area (TPSA) is 0 Å². The molecule has 0 unspecified atom stereocenters. The summed E-state index contributed by atoms with van der Waals surface area (Å²) in [6.07, 6.45) is 0. The third-order valence-corrected chi connectivity index (χ3v) is 0. The molecule has 0 atom stereocenters. The molecule has 5 heavy (non-hydrogen) atoms. The predicted octanol–water partition coefficient (Wildman–Crippen LogP) is -0.391. The van der Waals surface area contributed by atoms with Gasteiger partial charge in [-0.15, -0.1) is 0 Å². The van der Waals surface area contributed by atoms with E-state index in [0.29, 0.717) is 0 Å². The molecule has 0 radical (unpaired) electrons. The minimum Gasteiger partial charge on any atom is -2.00 e. The van der Waals surface area contributed by atoms with E-state index in [0.717, 1.165) is 0 Å². The summed E-state index contributed by atoms with van der Waals surface area (Å²) in [6.45, 7) is 0. The van der Waals surface area contributed by atoms with E-state index in [-0.39, 0.29) is 90.6 Å². The molecule has 0 aliphatic rings. The summed E-state index contributed by atoms with van der Waals surface area (Å²) in [5.41, 5.74) is 0. The molecule has 0 bridgehead atoms. The predicted molar refractivity (Wildman–Crippen MR) is 27.8 cm³/mol. The maximum absolute atomic E-state index is 0. The number of rotatable bonds is 0. The third-order valence-electron chi connectivity index (χ3n) is 0. The SMILES string of the molecule is [Al+3].[S-2].[S-2].[S-2].[Y+3]. The molecule has 0 aromatic heterocycles. The Hall–Kier alpha value is 2.69. The van der Waals surface area contributed by atoms with Gasteiger partial charge in [0.25, 0.3) is 0 Å². The molecule has 0 amide bonds. The third kappa shape index (κ3) is 20.3. The molecule has 0 spiro atoms. The minimum absolute atomic E-state index is 0. The Morgan fingerprint density at radius 3 is 0.600 bits per heavy atom. The van der Waals surface area contributed by atoms with Gasteiger partial charge in [-0.3, -0.25) is 0 Å². The summed E-state index contributed by atoms with van der Waals surface area (Å²) in [6, 6.07) is 0. The van der Waals surface area contributed by atoms with E-state index in [4.69, 9.17) is 0 Å². The fraction of sp³-hybridized carbons (Fsp3) is 0. The van der Waals surface area contributed by atoms with Crippen LogP contribution in [-0.4, -0.2) is 17.4 Å². The first kappa shape index (κ1) is 47.6. The van der Waals surface area contributed by atoms with Crippen molar-refractivity contribution < 1.29 is 32.7 Å². The first-order valence-corrected chi connectivity index (χ1v) is 0. The van der Waals surface area contributed by atoms with Crippen molar-refractivity contribution in [3.63, 3.8) is 0 Å². The fourth-order valence-electron chi connectivity index (χ4n) is 0. The molecular weight excluding hydrogens is 212 g/mol. The number of hydrogen-bond acceptors (Lipinski definition) is 0. The second kappa shape index (κ2) is 30.0. The minimum atomic E-state index is 0. The number of hydrogen-bond donors (Lipinski definition) is 0. The van der Waals surface area contributed by atoms with E-state index in [2.05, 4.69) is 0 Å². The van der Waals surface area contributed by atoms with Gasteiger partial charge in [0.05, 0.1) is 0 Å². The maximum atomic E-state index is 0. The van der Waals surface area contributed by atoms with Crippen LogP contribution in [-0.2, 0) is 73.2 Å². The zero-order valence-electron chi connectivity index (χ0n) is 2.38. The molecule has 5 heteroatoms. The zero-order chi connectivity index (χ0) is 0. The largest absolute Gasteiger partial charge is 3.00 e. The van der Waals surface area contributed by atoms with E-state index in [1.54, 1.807) is 0 Å². The molecule has 0 aromatic rings. The second-order valence-electron chi connectivity index (χ2n) is 0. The summed E-state index contributed by atoms with van der Waals surface area (Å²) in [5, 5.41) is 0. The summed E-state index contributed by atoms with van der Waals surface area (Å²) in [7, 11) is 0. The van der Waals surface area contributed by atoms with Crippen molar-refractivity contribution in [2.45, 2.75) is 0 Å². The van der Waals surface area contributed by atoms with E-state index in [1.807, 2.05) is 0 Å². The Morgan fingerprint density at radius 2 is 0.600 bits per heavy atom. The molecule has 0 N–H and O–H groups in total. The summed E-state index contributed by atoms with van der Waals surface area (Å²) >= 11 is 0. The van der Waals surface area contributed by atoms with Crippen LogP contribution in [0.2, 0.25) is 0 Å². The summed E-state index contributed by atoms with van der Waals surface area (Å²) < 4.78 is 0. The molecule has 0 nitrogen and oxygen atoms in total. The van der Waals surface area contributed by atoms with Crippen molar-refractivity contribution in [3.8, 4) is 0 Å². The maximum Gasteiger partial charge on any atom is 3.00 e. The van der Waals surface area contributed by atoms with Crippen LogP contribution in [0.3, 0.4) is 0 Å². The van der Waals surface area contributed by atoms with Crippen LogP contribution < -0.4 is 0 Å². The molecule has 0 aromatic carbocycles. The Kier molecular flexibility index (Phi) is 285. The van der Waals surface area contributed by atoms with E-state index in [1.165, 1.54) is 0 Å². The van der Waals surface area contributed by atoms with E-state index in [9.17, 15) is 0 Å². The molecule has 0 aliphatic carbocycles. The fourth-order valence-corrected chi connectivity index (χ4v) is 0. The van der Waals surface area contributed by atoms with Crippen molar-refractivity contribution in [1.82, 2.24) is 0 Å². The van der Waals surface area contributed by atoms with E-state index >= 15 is 0 Å². The standard InChI is InChI=1S/Al.3S.Y/q+3;3*-2;+3. The van der Waals surface area contributed by atoms with Gasteiger partial charge in [-0.1, -0.05) is 0 Å². The Bertz CT molecular complexity index is 6.85. The Balaban J connectivity index is 0. The Morgan fingerprint density at radius 1 is 0.600 bits per heavy atom. The molecule has 0 heterocycles. The van der Waals surface area contributed by atoms with Crippen molar-refractivity contribution >= 4 is 57.8 Å². The first-order chi connectivity index (χ1) is 0.